The van der Waals surface area contributed by atoms with Crippen molar-refractivity contribution in [2.24, 2.45) is 0 Å². The van der Waals surface area contributed by atoms with Crippen LogP contribution in [0.1, 0.15) is 16.2 Å². The first-order chi connectivity index (χ1) is 5.24. The molecule has 0 spiro atoms. The second kappa shape index (κ2) is 2.96. The fourth-order valence-corrected chi connectivity index (χ4v) is 0.594. The van der Waals surface area contributed by atoms with Gasteiger partial charge in [-0.2, -0.15) is 0 Å². The maximum atomic E-state index is 10.2. The molecule has 11 heavy (non-hydrogen) atoms. The van der Waals surface area contributed by atoms with Crippen molar-refractivity contribution >= 4 is 12.3 Å². The number of nitrogens with zero attached hydrogens (tertiary/aromatic N) is 1. The molecule has 0 atom stereocenters. The number of aromatic nitrogens is 1. The van der Waals surface area contributed by atoms with Crippen LogP contribution in [0, 0.1) is 0 Å². The summed E-state index contributed by atoms with van der Waals surface area (Å²) < 4.78 is 4.37. The number of rotatable bonds is 3. The van der Waals surface area contributed by atoms with Crippen molar-refractivity contribution in [1.82, 2.24) is 5.16 Å². The van der Waals surface area contributed by atoms with Gasteiger partial charge in [0.2, 0.25) is 5.76 Å². The lowest BCUT2D eigenvalue weighted by Crippen LogP contribution is -1.92. The van der Waals surface area contributed by atoms with Crippen LogP contribution in [0.5, 0.6) is 0 Å². The van der Waals surface area contributed by atoms with E-state index in [1.807, 2.05) is 0 Å². The molecule has 5 heteroatoms. The molecule has 0 fully saturated rings. The highest BCUT2D eigenvalue weighted by Gasteiger charge is 2.09. The van der Waals surface area contributed by atoms with Crippen LogP contribution in [0.3, 0.4) is 0 Å². The molecule has 1 rings (SSSR count). The van der Waals surface area contributed by atoms with E-state index in [9.17, 15) is 9.59 Å². The molecule has 0 saturated carbocycles. The summed E-state index contributed by atoms with van der Waals surface area (Å²) >= 11 is 0. The number of aromatic carboxylic acids is 1. The summed E-state index contributed by atoms with van der Waals surface area (Å²) in [5.41, 5.74) is 0.331. The third-order valence-corrected chi connectivity index (χ3v) is 1.06. The molecule has 1 aromatic rings. The van der Waals surface area contributed by atoms with Crippen LogP contribution in [-0.4, -0.2) is 22.5 Å². The van der Waals surface area contributed by atoms with Gasteiger partial charge in [-0.3, -0.25) is 0 Å². The third kappa shape index (κ3) is 1.64. The minimum atomic E-state index is -1.19. The highest BCUT2D eigenvalue weighted by Crippen LogP contribution is 2.02. The summed E-state index contributed by atoms with van der Waals surface area (Å²) in [6.45, 7) is 0. The van der Waals surface area contributed by atoms with Crippen molar-refractivity contribution in [3.05, 3.63) is 17.5 Å². The first-order valence-electron chi connectivity index (χ1n) is 2.86. The number of hydrogen-bond acceptors (Lipinski definition) is 4. The van der Waals surface area contributed by atoms with Gasteiger partial charge in [0.05, 0.1) is 5.69 Å². The van der Waals surface area contributed by atoms with Gasteiger partial charge in [0.25, 0.3) is 0 Å². The van der Waals surface area contributed by atoms with Crippen molar-refractivity contribution in [2.45, 2.75) is 6.42 Å². The van der Waals surface area contributed by atoms with Gasteiger partial charge in [-0.1, -0.05) is 5.16 Å². The second-order valence-electron chi connectivity index (χ2n) is 1.86. The maximum absolute atomic E-state index is 10.2. The van der Waals surface area contributed by atoms with Gasteiger partial charge < -0.3 is 14.4 Å². The van der Waals surface area contributed by atoms with Crippen LogP contribution in [0.2, 0.25) is 0 Å². The zero-order valence-corrected chi connectivity index (χ0v) is 5.48. The summed E-state index contributed by atoms with van der Waals surface area (Å²) in [5, 5.41) is 11.7. The van der Waals surface area contributed by atoms with Crippen molar-refractivity contribution in [3.63, 3.8) is 0 Å². The van der Waals surface area contributed by atoms with E-state index in [0.717, 1.165) is 0 Å². The highest BCUT2D eigenvalue weighted by molar-refractivity contribution is 5.84. The maximum Gasteiger partial charge on any atom is 0.374 e. The van der Waals surface area contributed by atoms with Gasteiger partial charge in [0.15, 0.2) is 0 Å². The quantitative estimate of drug-likeness (QED) is 0.626. The van der Waals surface area contributed by atoms with Gasteiger partial charge in [0.1, 0.15) is 6.29 Å². The summed E-state index contributed by atoms with van der Waals surface area (Å²) in [5.74, 6) is -1.43. The van der Waals surface area contributed by atoms with E-state index in [-0.39, 0.29) is 12.2 Å². The molecule has 1 aromatic heterocycles. The normalized spacial score (nSPS) is 9.45. The standard InChI is InChI=1S/C6H5NO4/c8-2-1-4-3-5(6(9)10)11-7-4/h2-3H,1H2,(H,9,10). The van der Waals surface area contributed by atoms with Crippen molar-refractivity contribution in [3.8, 4) is 0 Å². The lowest BCUT2D eigenvalue weighted by molar-refractivity contribution is -0.107. The summed E-state index contributed by atoms with van der Waals surface area (Å²) in [6.07, 6.45) is 0.709. The van der Waals surface area contributed by atoms with Crippen LogP contribution < -0.4 is 0 Å². The van der Waals surface area contributed by atoms with Crippen molar-refractivity contribution in [1.29, 1.82) is 0 Å². The molecule has 1 N–H and O–H groups in total. The summed E-state index contributed by atoms with van der Waals surface area (Å²) in [7, 11) is 0. The van der Waals surface area contributed by atoms with E-state index in [1.54, 1.807) is 0 Å². The highest BCUT2D eigenvalue weighted by atomic mass is 16.5. The van der Waals surface area contributed by atoms with E-state index in [1.165, 1.54) is 6.07 Å². The Kier molecular flexibility index (Phi) is 2.00. The van der Waals surface area contributed by atoms with Gasteiger partial charge >= 0.3 is 5.97 Å². The summed E-state index contributed by atoms with van der Waals surface area (Å²) in [6, 6.07) is 1.22. The average molecular weight is 155 g/mol. The van der Waals surface area contributed by atoms with E-state index in [0.29, 0.717) is 12.0 Å². The molecule has 1 heterocycles. The smallest absolute Gasteiger partial charge is 0.374 e. The lowest BCUT2D eigenvalue weighted by Gasteiger charge is -1.77. The Labute approximate surface area is 61.6 Å². The SMILES string of the molecule is O=CCc1cc(C(=O)O)on1. The van der Waals surface area contributed by atoms with E-state index in [2.05, 4.69) is 9.68 Å². The fraction of sp³-hybridized carbons (Fsp3) is 0.167. The number of hydrogen-bond donors (Lipinski definition) is 1. The van der Waals surface area contributed by atoms with E-state index >= 15 is 0 Å². The van der Waals surface area contributed by atoms with Crippen LogP contribution in [-0.2, 0) is 11.2 Å². The predicted octanol–water partition coefficient (Wildman–Crippen LogP) is 0.114. The second-order valence-corrected chi connectivity index (χ2v) is 1.86. The van der Waals surface area contributed by atoms with Gasteiger partial charge in [-0.15, -0.1) is 0 Å². The Balaban J connectivity index is 2.81. The van der Waals surface area contributed by atoms with Crippen molar-refractivity contribution in [2.75, 3.05) is 0 Å². The predicted molar refractivity (Wildman–Crippen MR) is 33.2 cm³/mol. The summed E-state index contributed by atoms with van der Waals surface area (Å²) in [4.78, 5) is 20.1. The Bertz CT molecular complexity index is 278. The monoisotopic (exact) mass is 155 g/mol. The number of aldehydes is 1. The van der Waals surface area contributed by atoms with Gasteiger partial charge in [0, 0.05) is 12.5 Å². The number of carboxylic acid groups (broad SMARTS) is 1. The molecule has 0 aromatic carbocycles. The minimum Gasteiger partial charge on any atom is -0.475 e. The van der Waals surface area contributed by atoms with Crippen molar-refractivity contribution < 1.29 is 19.2 Å². The topological polar surface area (TPSA) is 80.4 Å². The van der Waals surface area contributed by atoms with Crippen LogP contribution in [0.25, 0.3) is 0 Å². The molecule has 0 amide bonds. The molecule has 0 radical (unpaired) electrons. The molecule has 0 bridgehead atoms. The number of carbonyl (C=O) groups excluding carboxylic acids is 1. The Morgan fingerprint density at radius 3 is 3.00 bits per heavy atom. The van der Waals surface area contributed by atoms with E-state index in [4.69, 9.17) is 5.11 Å². The molecule has 0 aliphatic carbocycles. The lowest BCUT2D eigenvalue weighted by atomic mass is 10.3. The van der Waals surface area contributed by atoms with Gasteiger partial charge in [-0.25, -0.2) is 4.79 Å². The molecule has 0 saturated heterocycles. The molecular weight excluding hydrogens is 150 g/mol. The first-order valence-corrected chi connectivity index (χ1v) is 2.86. The van der Waals surface area contributed by atoms with Crippen LogP contribution >= 0.6 is 0 Å². The molecule has 0 unspecified atom stereocenters. The Morgan fingerprint density at radius 2 is 2.55 bits per heavy atom. The van der Waals surface area contributed by atoms with E-state index < -0.39 is 5.97 Å². The average Bonchev–Trinajstić information content (AvgIpc) is 2.37. The molecule has 0 aliphatic heterocycles. The van der Waals surface area contributed by atoms with Crippen LogP contribution in [0.15, 0.2) is 10.6 Å². The zero-order valence-electron chi connectivity index (χ0n) is 5.48. The molecule has 5 nitrogen and oxygen atoms in total. The Morgan fingerprint density at radius 1 is 1.82 bits per heavy atom. The minimum absolute atomic E-state index is 0.0801. The largest absolute Gasteiger partial charge is 0.475 e. The van der Waals surface area contributed by atoms with Crippen LogP contribution in [0.4, 0.5) is 0 Å². The Hall–Kier alpha value is -1.65. The molecular formula is C6H5NO4. The fourth-order valence-electron chi connectivity index (χ4n) is 0.594. The molecule has 58 valence electrons. The number of carboxylic acids is 1. The molecule has 0 aliphatic rings. The zero-order chi connectivity index (χ0) is 8.27. The van der Waals surface area contributed by atoms with Gasteiger partial charge in [-0.05, 0) is 0 Å². The number of carbonyl (C=O) groups is 2. The first kappa shape index (κ1) is 7.46. The third-order valence-electron chi connectivity index (χ3n) is 1.06.